The minimum atomic E-state index is 0.731. The van der Waals surface area contributed by atoms with E-state index in [0.29, 0.717) is 0 Å². The third-order valence-electron chi connectivity index (χ3n) is 7.33. The highest BCUT2D eigenvalue weighted by molar-refractivity contribution is 5.29. The third kappa shape index (κ3) is 2.83. The summed E-state index contributed by atoms with van der Waals surface area (Å²) in [7, 11) is 0. The quantitative estimate of drug-likeness (QED) is 0.850. The fourth-order valence-corrected chi connectivity index (χ4v) is 6.62. The zero-order valence-electron chi connectivity index (χ0n) is 14.7. The fourth-order valence-electron chi connectivity index (χ4n) is 6.62. The van der Waals surface area contributed by atoms with Crippen LogP contribution < -0.4 is 4.90 Å². The van der Waals surface area contributed by atoms with Crippen LogP contribution in [0.3, 0.4) is 0 Å². The van der Waals surface area contributed by atoms with Crippen molar-refractivity contribution >= 4 is 5.95 Å². The van der Waals surface area contributed by atoms with Crippen LogP contribution in [0.1, 0.15) is 44.9 Å². The van der Waals surface area contributed by atoms with Gasteiger partial charge in [0.25, 0.3) is 0 Å². The van der Waals surface area contributed by atoms with Crippen molar-refractivity contribution in [1.82, 2.24) is 14.9 Å². The summed E-state index contributed by atoms with van der Waals surface area (Å²) in [5, 5.41) is 0. The van der Waals surface area contributed by atoms with E-state index in [4.69, 9.17) is 0 Å². The Balaban J connectivity index is 1.15. The number of nitrogens with zero attached hydrogens (tertiary/aromatic N) is 4. The summed E-state index contributed by atoms with van der Waals surface area (Å²) in [6.07, 6.45) is 14.5. The molecule has 0 spiro atoms. The molecule has 1 saturated heterocycles. The number of hydrogen-bond donors (Lipinski definition) is 0. The summed E-state index contributed by atoms with van der Waals surface area (Å²) in [5.74, 6) is 4.16. The van der Waals surface area contributed by atoms with Crippen LogP contribution in [-0.2, 0) is 0 Å². The standard InChI is InChI=1S/C20H30N4/c1-3-21-19(22-4-1)24-8-6-23(7-9-24)5-2-20-13-16-10-17(14-20)12-18(11-16)15-20/h1,3-4,16-18H,2,5-15H2. The van der Waals surface area contributed by atoms with Crippen molar-refractivity contribution in [3.63, 3.8) is 0 Å². The molecule has 1 aromatic heterocycles. The summed E-state index contributed by atoms with van der Waals surface area (Å²) >= 11 is 0. The summed E-state index contributed by atoms with van der Waals surface area (Å²) in [6.45, 7) is 5.81. The van der Waals surface area contributed by atoms with Gasteiger partial charge in [0, 0.05) is 38.6 Å². The Morgan fingerprint density at radius 1 is 0.875 bits per heavy atom. The molecule has 0 amide bonds. The topological polar surface area (TPSA) is 32.3 Å². The second-order valence-electron chi connectivity index (χ2n) is 9.05. The molecular weight excluding hydrogens is 296 g/mol. The average Bonchev–Trinajstić information content (AvgIpc) is 2.60. The zero-order valence-corrected chi connectivity index (χ0v) is 14.7. The highest BCUT2D eigenvalue weighted by Gasteiger charge is 2.50. The molecule has 0 atom stereocenters. The molecule has 4 nitrogen and oxygen atoms in total. The van der Waals surface area contributed by atoms with Crippen LogP contribution in [0, 0.1) is 23.2 Å². The minimum Gasteiger partial charge on any atom is -0.338 e. The SMILES string of the molecule is c1cnc(N2CCN(CCC34CC5CC(CC(C5)C3)C4)CC2)nc1. The van der Waals surface area contributed by atoms with E-state index in [1.807, 2.05) is 18.5 Å². The molecule has 2 heterocycles. The first-order chi connectivity index (χ1) is 11.8. The maximum Gasteiger partial charge on any atom is 0.225 e. The van der Waals surface area contributed by atoms with Gasteiger partial charge in [-0.2, -0.15) is 0 Å². The van der Waals surface area contributed by atoms with Gasteiger partial charge in [-0.1, -0.05) is 0 Å². The molecule has 1 aliphatic heterocycles. The zero-order chi connectivity index (χ0) is 16.0. The van der Waals surface area contributed by atoms with Crippen molar-refractivity contribution in [2.45, 2.75) is 44.9 Å². The lowest BCUT2D eigenvalue weighted by molar-refractivity contribution is -0.0611. The van der Waals surface area contributed by atoms with Crippen LogP contribution in [0.2, 0.25) is 0 Å². The maximum atomic E-state index is 4.40. The summed E-state index contributed by atoms with van der Waals surface area (Å²) in [6, 6.07) is 1.89. The molecule has 5 aliphatic rings. The van der Waals surface area contributed by atoms with Gasteiger partial charge < -0.3 is 4.90 Å². The van der Waals surface area contributed by atoms with E-state index in [1.165, 1.54) is 26.1 Å². The lowest BCUT2D eigenvalue weighted by Gasteiger charge is -2.57. The second-order valence-corrected chi connectivity index (χ2v) is 9.05. The normalized spacial score (nSPS) is 38.7. The molecule has 4 heteroatoms. The number of anilines is 1. The highest BCUT2D eigenvalue weighted by Crippen LogP contribution is 2.61. The van der Waals surface area contributed by atoms with Crippen LogP contribution in [0.15, 0.2) is 18.5 Å². The van der Waals surface area contributed by atoms with Crippen molar-refractivity contribution in [2.24, 2.45) is 23.2 Å². The van der Waals surface area contributed by atoms with Gasteiger partial charge in [0.1, 0.15) is 0 Å². The van der Waals surface area contributed by atoms with Crippen molar-refractivity contribution < 1.29 is 0 Å². The van der Waals surface area contributed by atoms with Gasteiger partial charge >= 0.3 is 0 Å². The lowest BCUT2D eigenvalue weighted by Crippen LogP contribution is -2.50. The third-order valence-corrected chi connectivity index (χ3v) is 7.33. The van der Waals surface area contributed by atoms with Crippen LogP contribution in [0.5, 0.6) is 0 Å². The molecule has 130 valence electrons. The Morgan fingerprint density at radius 2 is 1.46 bits per heavy atom. The molecular formula is C20H30N4. The van der Waals surface area contributed by atoms with E-state index < -0.39 is 0 Å². The van der Waals surface area contributed by atoms with Gasteiger partial charge in [0.05, 0.1) is 0 Å². The van der Waals surface area contributed by atoms with E-state index in [1.54, 1.807) is 38.5 Å². The molecule has 4 saturated carbocycles. The molecule has 1 aromatic rings. The average molecular weight is 326 g/mol. The Morgan fingerprint density at radius 3 is 2.04 bits per heavy atom. The number of rotatable bonds is 4. The first kappa shape index (κ1) is 15.1. The lowest BCUT2D eigenvalue weighted by atomic mass is 9.49. The minimum absolute atomic E-state index is 0.731. The van der Waals surface area contributed by atoms with Gasteiger partial charge in [0.2, 0.25) is 5.95 Å². The Kier molecular flexibility index (Phi) is 3.77. The van der Waals surface area contributed by atoms with Crippen LogP contribution in [-0.4, -0.2) is 47.6 Å². The molecule has 0 unspecified atom stereocenters. The fraction of sp³-hybridized carbons (Fsp3) is 0.800. The van der Waals surface area contributed by atoms with Crippen molar-refractivity contribution in [1.29, 1.82) is 0 Å². The first-order valence-electron chi connectivity index (χ1n) is 10.0. The van der Waals surface area contributed by atoms with Crippen molar-refractivity contribution in [2.75, 3.05) is 37.6 Å². The van der Waals surface area contributed by atoms with E-state index >= 15 is 0 Å². The van der Waals surface area contributed by atoms with Gasteiger partial charge in [-0.15, -0.1) is 0 Å². The molecule has 4 bridgehead atoms. The van der Waals surface area contributed by atoms with Gasteiger partial charge in [-0.25, -0.2) is 9.97 Å². The smallest absolute Gasteiger partial charge is 0.225 e. The van der Waals surface area contributed by atoms with E-state index in [-0.39, 0.29) is 0 Å². The highest BCUT2D eigenvalue weighted by atomic mass is 15.3. The van der Waals surface area contributed by atoms with Gasteiger partial charge in [0.15, 0.2) is 0 Å². The molecule has 4 aliphatic carbocycles. The molecule has 6 rings (SSSR count). The Hall–Kier alpha value is -1.16. The van der Waals surface area contributed by atoms with Crippen molar-refractivity contribution in [3.8, 4) is 0 Å². The predicted molar refractivity (Wildman–Crippen MR) is 95.9 cm³/mol. The summed E-state index contributed by atoms with van der Waals surface area (Å²) in [5.41, 5.74) is 0.731. The molecule has 0 aromatic carbocycles. The van der Waals surface area contributed by atoms with Crippen LogP contribution >= 0.6 is 0 Å². The van der Waals surface area contributed by atoms with Crippen LogP contribution in [0.25, 0.3) is 0 Å². The number of hydrogen-bond acceptors (Lipinski definition) is 4. The Labute approximate surface area is 145 Å². The molecule has 0 radical (unpaired) electrons. The first-order valence-corrected chi connectivity index (χ1v) is 10.0. The van der Waals surface area contributed by atoms with Crippen LogP contribution in [0.4, 0.5) is 5.95 Å². The van der Waals surface area contributed by atoms with Crippen molar-refractivity contribution in [3.05, 3.63) is 18.5 Å². The largest absolute Gasteiger partial charge is 0.338 e. The summed E-state index contributed by atoms with van der Waals surface area (Å²) in [4.78, 5) is 13.8. The van der Waals surface area contributed by atoms with E-state index in [2.05, 4.69) is 19.8 Å². The predicted octanol–water partition coefficient (Wildman–Crippen LogP) is 3.21. The van der Waals surface area contributed by atoms with E-state index in [0.717, 1.165) is 42.2 Å². The Bertz CT molecular complexity index is 529. The number of aromatic nitrogens is 2. The second kappa shape index (κ2) is 5.98. The molecule has 24 heavy (non-hydrogen) atoms. The van der Waals surface area contributed by atoms with Gasteiger partial charge in [-0.05, 0) is 80.7 Å². The van der Waals surface area contributed by atoms with E-state index in [9.17, 15) is 0 Å². The monoisotopic (exact) mass is 326 g/mol. The van der Waals surface area contributed by atoms with Gasteiger partial charge in [-0.3, -0.25) is 4.90 Å². The molecule has 5 fully saturated rings. The maximum absolute atomic E-state index is 4.40. The number of piperazine rings is 1. The molecule has 0 N–H and O–H groups in total. The summed E-state index contributed by atoms with van der Waals surface area (Å²) < 4.78 is 0.